The van der Waals surface area contributed by atoms with Crippen LogP contribution in [0.15, 0.2) is 72.2 Å². The average Bonchev–Trinajstić information content (AvgIpc) is 1.80. The van der Waals surface area contributed by atoms with E-state index < -0.39 is 132 Å². The number of likely N-dealkylation sites (N-methyl/N-ethyl adjacent to an activating group) is 1. The average molecular weight is 1350 g/mol. The van der Waals surface area contributed by atoms with Crippen molar-refractivity contribution in [1.82, 2.24) is 67.7 Å². The molecular weight excluding hydrogens is 1260 g/mol. The minimum absolute atomic E-state index is 0.0326. The van der Waals surface area contributed by atoms with Crippen molar-refractivity contribution in [2.45, 2.75) is 186 Å². The van der Waals surface area contributed by atoms with Gasteiger partial charge in [0.2, 0.25) is 59.1 Å². The van der Waals surface area contributed by atoms with Crippen LogP contribution in [0.4, 0.5) is 0 Å². The Kier molecular flexibility index (Phi) is 28.7. The quantitative estimate of drug-likeness (QED) is 0.0106. The number of H-pyrrole nitrogens is 2. The maximum atomic E-state index is 15.1. The largest absolute Gasteiger partial charge is 0.508 e. The van der Waals surface area contributed by atoms with Gasteiger partial charge in [-0.1, -0.05) is 58.0 Å². The Hall–Kier alpha value is -10.1. The first-order chi connectivity index (χ1) is 46.1. The molecule has 2 aromatic heterocycles. The molecule has 6 rings (SSSR count). The molecule has 97 heavy (non-hydrogen) atoms. The first-order valence-electron chi connectivity index (χ1n) is 32.5. The Labute approximate surface area is 560 Å². The number of aliphatic hydroxyl groups is 1. The van der Waals surface area contributed by atoms with E-state index in [1.807, 2.05) is 13.8 Å². The second-order valence-corrected chi connectivity index (χ2v) is 25.0. The number of aromatic hydroxyl groups is 1. The number of ether oxygens (including phenoxy) is 2. The lowest BCUT2D eigenvalue weighted by Gasteiger charge is -2.31. The van der Waals surface area contributed by atoms with Crippen molar-refractivity contribution in [1.29, 1.82) is 0 Å². The SMILES string of the molecule is CCNC(=O)[C@@H]1CCCN1C(=O)[C@H](CCCN=C(N)N)NC(=O)[C@H](CC(C)C)NC(=O)[C@@H](CC(C)C)NC(=O)[C@H](Cc1ccc(O)cc1)NC(=O)[C@H](COC(=O)[C@@H](C)OC(=O)[C@H](C)O)NC(=O)[C@H](Cc1c[nH]c2ccccc12)NC(=O)[C@H](Cc1cnc[nH]1)NC(=O)[C@@H]1CCC(=O)N1. The number of imidazole rings is 1. The number of nitrogens with two attached hydrogens (primary N) is 2. The number of aromatic nitrogens is 3. The number of phenolic OH excluding ortho intramolecular Hbond substituents is 1. The summed E-state index contributed by atoms with van der Waals surface area (Å²) in [5, 5.41) is 44.9. The fourth-order valence-electron chi connectivity index (χ4n) is 11.1. The van der Waals surface area contributed by atoms with Crippen LogP contribution >= 0.6 is 0 Å². The van der Waals surface area contributed by atoms with Crippen LogP contribution in [0.2, 0.25) is 0 Å². The van der Waals surface area contributed by atoms with Crippen molar-refractivity contribution in [2.24, 2.45) is 28.3 Å². The summed E-state index contributed by atoms with van der Waals surface area (Å²) in [5.74, 6) is -10.9. The highest BCUT2D eigenvalue weighted by molar-refractivity contribution is 6.00. The minimum atomic E-state index is -1.96. The van der Waals surface area contributed by atoms with Crippen LogP contribution in [0.5, 0.6) is 5.75 Å². The van der Waals surface area contributed by atoms with Crippen molar-refractivity contribution in [3.8, 4) is 5.75 Å². The number of amides is 10. The molecule has 32 heteroatoms. The first kappa shape index (κ1) is 75.9. The zero-order chi connectivity index (χ0) is 71.0. The van der Waals surface area contributed by atoms with E-state index in [4.69, 9.17) is 20.9 Å². The summed E-state index contributed by atoms with van der Waals surface area (Å²) in [6.45, 7) is 10.8. The zero-order valence-corrected chi connectivity index (χ0v) is 55.6. The van der Waals surface area contributed by atoms with Gasteiger partial charge in [-0.15, -0.1) is 0 Å². The first-order valence-corrected chi connectivity index (χ1v) is 32.5. The molecule has 0 unspecified atom stereocenters. The predicted molar refractivity (Wildman–Crippen MR) is 351 cm³/mol. The molecule has 0 aliphatic carbocycles. The summed E-state index contributed by atoms with van der Waals surface area (Å²) >= 11 is 0. The number of carbonyl (C=O) groups excluding carboxylic acids is 12. The molecule has 2 aromatic carbocycles. The van der Waals surface area contributed by atoms with Gasteiger partial charge in [-0.2, -0.15) is 0 Å². The number of phenols is 1. The molecular formula is C65H92N16O16. The van der Waals surface area contributed by atoms with Gasteiger partial charge in [0.05, 0.1) is 6.33 Å². The summed E-state index contributed by atoms with van der Waals surface area (Å²) < 4.78 is 10.5. The molecule has 2 aliphatic heterocycles. The van der Waals surface area contributed by atoms with Gasteiger partial charge in [0.25, 0.3) is 0 Å². The van der Waals surface area contributed by atoms with Crippen molar-refractivity contribution < 1.29 is 77.2 Å². The van der Waals surface area contributed by atoms with Gasteiger partial charge in [-0.3, -0.25) is 52.9 Å². The third-order valence-corrected chi connectivity index (χ3v) is 16.1. The van der Waals surface area contributed by atoms with Crippen molar-refractivity contribution >= 4 is 87.9 Å². The van der Waals surface area contributed by atoms with E-state index in [0.29, 0.717) is 47.1 Å². The maximum absolute atomic E-state index is 15.1. The number of guanidine groups is 1. The van der Waals surface area contributed by atoms with Crippen LogP contribution in [0.3, 0.4) is 0 Å². The Balaban J connectivity index is 1.32. The second-order valence-electron chi connectivity index (χ2n) is 25.0. The number of hydrogen-bond donors (Lipinski definition) is 15. The normalized spacial score (nSPS) is 17.1. The molecule has 4 heterocycles. The smallest absolute Gasteiger partial charge is 0.347 e. The summed E-state index contributed by atoms with van der Waals surface area (Å²) in [7, 11) is 0. The Morgan fingerprint density at radius 2 is 1.27 bits per heavy atom. The van der Waals surface area contributed by atoms with E-state index in [1.165, 1.54) is 41.7 Å². The molecule has 2 saturated heterocycles. The highest BCUT2D eigenvalue weighted by atomic mass is 16.6. The fraction of sp³-hybridized carbons (Fsp3) is 0.538. The van der Waals surface area contributed by atoms with E-state index >= 15 is 14.4 Å². The highest BCUT2D eigenvalue weighted by Gasteiger charge is 2.40. The number of para-hydroxylation sites is 1. The maximum Gasteiger partial charge on any atom is 0.347 e. The van der Waals surface area contributed by atoms with Gasteiger partial charge < -0.3 is 93.9 Å². The number of rotatable bonds is 36. The molecule has 32 nitrogen and oxygen atoms in total. The third kappa shape index (κ3) is 23.3. The van der Waals surface area contributed by atoms with Gasteiger partial charge in [0, 0.05) is 74.3 Å². The number of likely N-dealkylation sites (tertiary alicyclic amines) is 1. The van der Waals surface area contributed by atoms with Crippen LogP contribution < -0.4 is 59.3 Å². The fourth-order valence-corrected chi connectivity index (χ4v) is 11.1. The van der Waals surface area contributed by atoms with Gasteiger partial charge in [-0.05, 0) is 107 Å². The molecule has 17 N–H and O–H groups in total. The number of carbonyl (C=O) groups is 12. The van der Waals surface area contributed by atoms with Crippen LogP contribution in [0, 0.1) is 11.8 Å². The predicted octanol–water partition coefficient (Wildman–Crippen LogP) is -1.57. The molecule has 0 spiro atoms. The zero-order valence-electron chi connectivity index (χ0n) is 55.6. The Bertz CT molecular complexity index is 3430. The molecule has 0 bridgehead atoms. The molecule has 4 aromatic rings. The molecule has 10 amide bonds. The van der Waals surface area contributed by atoms with E-state index in [1.54, 1.807) is 51.2 Å². The summed E-state index contributed by atoms with van der Waals surface area (Å²) in [6.07, 6.45) is 1.72. The molecule has 2 fully saturated rings. The van der Waals surface area contributed by atoms with Gasteiger partial charge in [0.15, 0.2) is 12.1 Å². The number of aliphatic imine (C=N–C) groups is 1. The Morgan fingerprint density at radius 1 is 0.691 bits per heavy atom. The summed E-state index contributed by atoms with van der Waals surface area (Å²) in [6, 6.07) is 0.334. The number of nitrogens with zero attached hydrogens (tertiary/aromatic N) is 3. The summed E-state index contributed by atoms with van der Waals surface area (Å²) in [5.41, 5.74) is 13.0. The summed E-state index contributed by atoms with van der Waals surface area (Å²) in [4.78, 5) is 184. The Morgan fingerprint density at radius 3 is 1.85 bits per heavy atom. The third-order valence-electron chi connectivity index (χ3n) is 16.1. The van der Waals surface area contributed by atoms with Crippen LogP contribution in [0.1, 0.15) is 117 Å². The number of aromatic amines is 2. The topological polar surface area (TPSA) is 484 Å². The second kappa shape index (κ2) is 36.7. The highest BCUT2D eigenvalue weighted by Crippen LogP contribution is 2.23. The number of hydrogen-bond acceptors (Lipinski definition) is 18. The van der Waals surface area contributed by atoms with Crippen molar-refractivity contribution in [2.75, 3.05) is 26.2 Å². The molecule has 528 valence electrons. The van der Waals surface area contributed by atoms with Crippen molar-refractivity contribution in [3.63, 3.8) is 0 Å². The standard InChI is InChI=1S/C65H92N16O16/c1-8-69-61(92)52-16-12-24-81(52)62(93)45(15-11-23-70-65(66)67)74-55(86)46(25-34(2)3)75-56(87)47(26-35(4)5)76-57(88)48(27-38-17-19-41(83)20-18-38)77-60(91)51(32-96-64(95)37(7)97-63(94)36(6)82)80-58(89)49(28-39-30-71-43-14-10-9-13-42(39)43)78-59(90)50(29-40-31-68-33-72-40)79-54(85)44-21-22-53(84)73-44/h9-10,13-14,17-20,30-31,33-37,44-52,71,82-83H,8,11-12,15-16,21-29,32H2,1-7H3,(H,68,72)(H,69,92)(H,73,84)(H,74,86)(H,75,87)(H,76,88)(H,77,91)(H,78,90)(H,79,85)(H,80,89)(H4,66,67,70)/t36-,37+,44-,45-,46-,47+,48-,49-,50-,51-,52-/m0/s1. The van der Waals surface area contributed by atoms with Crippen LogP contribution in [-0.4, -0.2) is 200 Å². The van der Waals surface area contributed by atoms with Gasteiger partial charge in [0.1, 0.15) is 72.8 Å². The van der Waals surface area contributed by atoms with E-state index in [2.05, 4.69) is 67.8 Å². The van der Waals surface area contributed by atoms with Crippen LogP contribution in [-0.2, 0) is 86.3 Å². The molecule has 0 radical (unpaired) electrons. The molecule has 2 aliphatic rings. The number of benzene rings is 2. The van der Waals surface area contributed by atoms with E-state index in [-0.39, 0.29) is 106 Å². The van der Waals surface area contributed by atoms with Gasteiger partial charge in [-0.25, -0.2) is 14.6 Å². The number of aliphatic hydroxyl groups excluding tert-OH is 1. The van der Waals surface area contributed by atoms with Crippen LogP contribution in [0.25, 0.3) is 10.9 Å². The minimum Gasteiger partial charge on any atom is -0.508 e. The lowest BCUT2D eigenvalue weighted by atomic mass is 9.98. The molecule has 11 atom stereocenters. The lowest BCUT2D eigenvalue weighted by Crippen LogP contribution is -2.62. The van der Waals surface area contributed by atoms with Crippen molar-refractivity contribution in [3.05, 3.63) is 84.1 Å². The molecule has 0 saturated carbocycles. The number of esters is 2. The number of nitrogens with one attached hydrogen (secondary N) is 11. The van der Waals surface area contributed by atoms with E-state index in [9.17, 15) is 53.4 Å². The van der Waals surface area contributed by atoms with E-state index in [0.717, 1.165) is 13.8 Å². The monoisotopic (exact) mass is 1350 g/mol. The lowest BCUT2D eigenvalue weighted by molar-refractivity contribution is -0.172. The van der Waals surface area contributed by atoms with Gasteiger partial charge >= 0.3 is 11.9 Å². The number of fused-ring (bicyclic) bond motifs is 1.